The van der Waals surface area contributed by atoms with Gasteiger partial charge in [-0.1, -0.05) is 13.8 Å². The highest BCUT2D eigenvalue weighted by molar-refractivity contribution is 7.17. The van der Waals surface area contributed by atoms with Gasteiger partial charge in [0.15, 0.2) is 5.65 Å². The lowest BCUT2D eigenvalue weighted by atomic mass is 9.95. The third kappa shape index (κ3) is 2.93. The number of hydrogen-bond donors (Lipinski definition) is 1. The van der Waals surface area contributed by atoms with Gasteiger partial charge in [-0.05, 0) is 45.6 Å². The second kappa shape index (κ2) is 6.55. The lowest BCUT2D eigenvalue weighted by Gasteiger charge is -2.14. The number of aryl methyl sites for hydroxylation is 3. The molecule has 0 unspecified atom stereocenters. The molecule has 0 bridgehead atoms. The van der Waals surface area contributed by atoms with Gasteiger partial charge in [0.2, 0.25) is 5.01 Å². The van der Waals surface area contributed by atoms with Crippen molar-refractivity contribution in [3.63, 3.8) is 0 Å². The summed E-state index contributed by atoms with van der Waals surface area (Å²) < 4.78 is 1.87. The van der Waals surface area contributed by atoms with Gasteiger partial charge in [-0.3, -0.25) is 0 Å². The molecule has 6 nitrogen and oxygen atoms in total. The summed E-state index contributed by atoms with van der Waals surface area (Å²) in [6.45, 7) is 10.1. The van der Waals surface area contributed by atoms with Gasteiger partial charge in [-0.2, -0.15) is 5.10 Å². The molecule has 132 valence electrons. The topological polar surface area (TPSA) is 80.4 Å². The SMILES string of the molecule is CCC(CC)c1cc(C)nn2c(-c3sc(C(=O)O)nc3C)c(C)nc12. The van der Waals surface area contributed by atoms with Crippen molar-refractivity contribution in [1.82, 2.24) is 19.6 Å². The maximum atomic E-state index is 11.3. The number of imidazole rings is 1. The van der Waals surface area contributed by atoms with Crippen LogP contribution in [-0.2, 0) is 0 Å². The van der Waals surface area contributed by atoms with Crippen LogP contribution in [0.25, 0.3) is 16.2 Å². The summed E-state index contributed by atoms with van der Waals surface area (Å²) in [4.78, 5) is 21.0. The number of aromatic carboxylic acids is 1. The minimum Gasteiger partial charge on any atom is -0.476 e. The van der Waals surface area contributed by atoms with Crippen LogP contribution in [0.2, 0.25) is 0 Å². The Morgan fingerprint density at radius 2 is 1.88 bits per heavy atom. The fourth-order valence-electron chi connectivity index (χ4n) is 3.28. The van der Waals surface area contributed by atoms with Crippen molar-refractivity contribution in [2.75, 3.05) is 0 Å². The number of aromatic nitrogens is 4. The first-order valence-electron chi connectivity index (χ1n) is 8.45. The van der Waals surface area contributed by atoms with E-state index in [2.05, 4.69) is 30.0 Å². The Hall–Kier alpha value is -2.28. The molecule has 3 aromatic heterocycles. The first kappa shape index (κ1) is 17.5. The van der Waals surface area contributed by atoms with Crippen LogP contribution < -0.4 is 0 Å². The first-order valence-corrected chi connectivity index (χ1v) is 9.26. The van der Waals surface area contributed by atoms with Crippen LogP contribution in [0.15, 0.2) is 6.07 Å². The molecule has 1 N–H and O–H groups in total. The Labute approximate surface area is 150 Å². The zero-order valence-electron chi connectivity index (χ0n) is 15.1. The number of carbonyl (C=O) groups is 1. The molecule has 0 fully saturated rings. The van der Waals surface area contributed by atoms with E-state index in [1.807, 2.05) is 25.3 Å². The molecule has 3 aromatic rings. The number of carboxylic acids is 1. The smallest absolute Gasteiger partial charge is 0.365 e. The van der Waals surface area contributed by atoms with E-state index in [1.54, 1.807) is 0 Å². The second-order valence-corrected chi connectivity index (χ2v) is 7.27. The summed E-state index contributed by atoms with van der Waals surface area (Å²) in [5, 5.41) is 14.0. The predicted octanol–water partition coefficient (Wildman–Crippen LogP) is 4.38. The highest BCUT2D eigenvalue weighted by Crippen LogP contribution is 2.35. The number of fused-ring (bicyclic) bond motifs is 1. The highest BCUT2D eigenvalue weighted by atomic mass is 32.1. The van der Waals surface area contributed by atoms with Crippen LogP contribution in [0.4, 0.5) is 0 Å². The van der Waals surface area contributed by atoms with Crippen LogP contribution in [0.1, 0.15) is 65.1 Å². The molecule has 0 amide bonds. The molecule has 0 aliphatic heterocycles. The van der Waals surface area contributed by atoms with Crippen molar-refractivity contribution < 1.29 is 9.90 Å². The fourth-order valence-corrected chi connectivity index (χ4v) is 4.26. The standard InChI is InChI=1S/C18H22N4O2S/c1-6-12(7-2)13-8-9(3)21-22-14(10(4)19-16(13)22)15-11(5)20-17(25-15)18(23)24/h8,12H,6-7H2,1-5H3,(H,23,24). The van der Waals surface area contributed by atoms with Gasteiger partial charge in [0.25, 0.3) is 0 Å². The van der Waals surface area contributed by atoms with Gasteiger partial charge >= 0.3 is 5.97 Å². The third-order valence-electron chi connectivity index (χ3n) is 4.53. The minimum atomic E-state index is -1.01. The Bertz CT molecular complexity index is 954. The summed E-state index contributed by atoms with van der Waals surface area (Å²) in [6.07, 6.45) is 2.08. The normalized spacial score (nSPS) is 11.6. The average Bonchev–Trinajstić information content (AvgIpc) is 3.08. The largest absolute Gasteiger partial charge is 0.476 e. The van der Waals surface area contributed by atoms with Crippen molar-refractivity contribution >= 4 is 23.0 Å². The van der Waals surface area contributed by atoms with Crippen molar-refractivity contribution in [1.29, 1.82) is 0 Å². The number of carboxylic acid groups (broad SMARTS) is 1. The highest BCUT2D eigenvalue weighted by Gasteiger charge is 2.23. The predicted molar refractivity (Wildman–Crippen MR) is 98.6 cm³/mol. The minimum absolute atomic E-state index is 0.0923. The molecule has 0 saturated heterocycles. The van der Waals surface area contributed by atoms with Gasteiger partial charge in [0.1, 0.15) is 5.69 Å². The quantitative estimate of drug-likeness (QED) is 0.732. The van der Waals surface area contributed by atoms with Crippen LogP contribution in [0, 0.1) is 20.8 Å². The Morgan fingerprint density at radius 1 is 1.20 bits per heavy atom. The molecule has 3 heterocycles. The Kier molecular flexibility index (Phi) is 4.60. The first-order chi connectivity index (χ1) is 11.9. The van der Waals surface area contributed by atoms with E-state index in [0.29, 0.717) is 11.6 Å². The van der Waals surface area contributed by atoms with E-state index in [0.717, 1.165) is 40.4 Å². The van der Waals surface area contributed by atoms with Crippen LogP contribution in [-0.4, -0.2) is 30.7 Å². The molecule has 0 aliphatic carbocycles. The molecule has 0 radical (unpaired) electrons. The van der Waals surface area contributed by atoms with Crippen molar-refractivity contribution in [3.8, 4) is 10.6 Å². The zero-order valence-corrected chi connectivity index (χ0v) is 15.9. The van der Waals surface area contributed by atoms with Crippen molar-refractivity contribution in [2.45, 2.75) is 53.4 Å². The molecule has 0 saturated carbocycles. The molecular formula is C18H22N4O2S. The number of thiazole rings is 1. The summed E-state index contributed by atoms with van der Waals surface area (Å²) in [7, 11) is 0. The molecule has 0 aromatic carbocycles. The Morgan fingerprint density at radius 3 is 2.44 bits per heavy atom. The van der Waals surface area contributed by atoms with Crippen LogP contribution in [0.3, 0.4) is 0 Å². The maximum Gasteiger partial charge on any atom is 0.365 e. The second-order valence-electron chi connectivity index (χ2n) is 6.27. The van der Waals surface area contributed by atoms with E-state index in [9.17, 15) is 9.90 Å². The van der Waals surface area contributed by atoms with E-state index in [-0.39, 0.29) is 5.01 Å². The number of nitrogens with zero attached hydrogens (tertiary/aromatic N) is 4. The zero-order chi connectivity index (χ0) is 18.3. The molecule has 0 aliphatic rings. The lowest BCUT2D eigenvalue weighted by molar-refractivity contribution is 0.0696. The van der Waals surface area contributed by atoms with E-state index in [4.69, 9.17) is 4.98 Å². The van der Waals surface area contributed by atoms with E-state index >= 15 is 0 Å². The van der Waals surface area contributed by atoms with E-state index < -0.39 is 5.97 Å². The molecule has 3 rings (SSSR count). The van der Waals surface area contributed by atoms with Gasteiger partial charge in [0, 0.05) is 5.56 Å². The average molecular weight is 358 g/mol. The molecule has 0 spiro atoms. The summed E-state index contributed by atoms with van der Waals surface area (Å²) in [5.41, 5.74) is 5.36. The Balaban J connectivity index is 2.31. The monoisotopic (exact) mass is 358 g/mol. The number of hydrogen-bond acceptors (Lipinski definition) is 5. The van der Waals surface area contributed by atoms with Gasteiger partial charge in [-0.25, -0.2) is 19.3 Å². The van der Waals surface area contributed by atoms with Crippen LogP contribution in [0.5, 0.6) is 0 Å². The molecule has 7 heteroatoms. The summed E-state index contributed by atoms with van der Waals surface area (Å²) in [6, 6.07) is 2.12. The van der Waals surface area contributed by atoms with Crippen LogP contribution >= 0.6 is 11.3 Å². The molecule has 0 atom stereocenters. The van der Waals surface area contributed by atoms with Gasteiger partial charge in [-0.15, -0.1) is 11.3 Å². The van der Waals surface area contributed by atoms with Crippen molar-refractivity contribution in [3.05, 3.63) is 33.7 Å². The molecular weight excluding hydrogens is 336 g/mol. The van der Waals surface area contributed by atoms with Crippen molar-refractivity contribution in [2.24, 2.45) is 0 Å². The van der Waals surface area contributed by atoms with Gasteiger partial charge in [0.05, 0.1) is 22.0 Å². The van der Waals surface area contributed by atoms with E-state index in [1.165, 1.54) is 16.9 Å². The van der Waals surface area contributed by atoms with Gasteiger partial charge < -0.3 is 5.11 Å². The summed E-state index contributed by atoms with van der Waals surface area (Å²) in [5.74, 6) is -0.580. The lowest BCUT2D eigenvalue weighted by Crippen LogP contribution is -2.05. The molecule has 25 heavy (non-hydrogen) atoms. The fraction of sp³-hybridized carbons (Fsp3) is 0.444. The third-order valence-corrected chi connectivity index (χ3v) is 5.68. The number of rotatable bonds is 5. The maximum absolute atomic E-state index is 11.3. The summed E-state index contributed by atoms with van der Waals surface area (Å²) >= 11 is 1.17.